The first-order chi connectivity index (χ1) is 18.9. The van der Waals surface area contributed by atoms with Gasteiger partial charge in [0.1, 0.15) is 17.8 Å². The number of aromatic hydroxyl groups is 1. The molecule has 4 heterocycles. The van der Waals surface area contributed by atoms with Gasteiger partial charge in [0.15, 0.2) is 5.88 Å². The lowest BCUT2D eigenvalue weighted by molar-refractivity contribution is -0.130. The maximum Gasteiger partial charge on any atom is 0.222 e. The Bertz CT molecular complexity index is 1330. The van der Waals surface area contributed by atoms with E-state index in [-0.39, 0.29) is 11.8 Å². The van der Waals surface area contributed by atoms with Crippen LogP contribution in [0, 0.1) is 0 Å². The normalized spacial score (nSPS) is 18.5. The first-order valence-corrected chi connectivity index (χ1v) is 13.8. The topological polar surface area (TPSA) is 116 Å². The summed E-state index contributed by atoms with van der Waals surface area (Å²) in [5.74, 6) is 0.794. The molecule has 11 heteroatoms. The number of benzene rings is 1. The molecule has 2 aromatic heterocycles. The largest absolute Gasteiger partial charge is 0.494 e. The average Bonchev–Trinajstić information content (AvgIpc) is 3.27. The molecule has 3 aromatic rings. The highest BCUT2D eigenvalue weighted by molar-refractivity contribution is 6.06. The number of H-pyrrole nitrogens is 1. The smallest absolute Gasteiger partial charge is 0.222 e. The SMILES string of the molecule is CN1CCN(c2ccc3cc2N(C)CCCCC(=O)N(C)CCCNc2ncnc4[nH]c(O)c(c24)C=N3)CC1. The molecule has 0 aliphatic carbocycles. The molecular formula is C28H39N9O2. The van der Waals surface area contributed by atoms with Gasteiger partial charge in [0.05, 0.1) is 28.0 Å². The van der Waals surface area contributed by atoms with Crippen LogP contribution in [-0.4, -0.2) is 109 Å². The van der Waals surface area contributed by atoms with Crippen LogP contribution in [0.5, 0.6) is 5.88 Å². The van der Waals surface area contributed by atoms with Gasteiger partial charge in [-0.3, -0.25) is 9.79 Å². The van der Waals surface area contributed by atoms with Crippen LogP contribution in [0.15, 0.2) is 29.5 Å². The van der Waals surface area contributed by atoms with E-state index < -0.39 is 0 Å². The van der Waals surface area contributed by atoms with Gasteiger partial charge in [0, 0.05) is 72.5 Å². The molecule has 208 valence electrons. The summed E-state index contributed by atoms with van der Waals surface area (Å²) in [6.07, 6.45) is 6.24. The summed E-state index contributed by atoms with van der Waals surface area (Å²) in [7, 11) is 6.14. The van der Waals surface area contributed by atoms with Crippen molar-refractivity contribution in [3.05, 3.63) is 30.1 Å². The lowest BCUT2D eigenvalue weighted by Gasteiger charge is -2.36. The minimum absolute atomic E-state index is 0.0000742. The van der Waals surface area contributed by atoms with E-state index in [0.717, 1.165) is 63.4 Å². The van der Waals surface area contributed by atoms with Gasteiger partial charge in [-0.1, -0.05) is 0 Å². The molecule has 0 unspecified atom stereocenters. The number of aromatic nitrogens is 3. The van der Waals surface area contributed by atoms with Gasteiger partial charge in [-0.2, -0.15) is 0 Å². The Hall–Kier alpha value is -3.86. The maximum absolute atomic E-state index is 12.7. The van der Waals surface area contributed by atoms with Crippen molar-refractivity contribution in [3.8, 4) is 5.88 Å². The second-order valence-corrected chi connectivity index (χ2v) is 10.5. The monoisotopic (exact) mass is 533 g/mol. The number of carbonyl (C=O) groups excluding carboxylic acids is 1. The molecule has 0 spiro atoms. The third-order valence-electron chi connectivity index (χ3n) is 7.69. The number of carbonyl (C=O) groups is 1. The quantitative estimate of drug-likeness (QED) is 0.437. The van der Waals surface area contributed by atoms with Gasteiger partial charge in [-0.15, -0.1) is 0 Å². The third kappa shape index (κ3) is 6.08. The van der Waals surface area contributed by atoms with Crippen LogP contribution in [0.4, 0.5) is 22.9 Å². The first kappa shape index (κ1) is 26.7. The zero-order valence-electron chi connectivity index (χ0n) is 23.2. The molecule has 2 bridgehead atoms. The van der Waals surface area contributed by atoms with Gasteiger partial charge >= 0.3 is 0 Å². The molecule has 0 saturated carbocycles. The predicted octanol–water partition coefficient (Wildman–Crippen LogP) is 3.05. The van der Waals surface area contributed by atoms with E-state index in [2.05, 4.69) is 61.2 Å². The summed E-state index contributed by atoms with van der Waals surface area (Å²) in [4.78, 5) is 38.0. The van der Waals surface area contributed by atoms with Crippen molar-refractivity contribution in [2.24, 2.45) is 4.99 Å². The number of aromatic amines is 1. The summed E-state index contributed by atoms with van der Waals surface area (Å²) in [5, 5.41) is 14.7. The van der Waals surface area contributed by atoms with Gasteiger partial charge in [-0.05, 0) is 44.5 Å². The Morgan fingerprint density at radius 3 is 2.51 bits per heavy atom. The number of nitrogens with zero attached hydrogens (tertiary/aromatic N) is 7. The van der Waals surface area contributed by atoms with Gasteiger partial charge in [0.2, 0.25) is 5.91 Å². The molecule has 1 amide bonds. The summed E-state index contributed by atoms with van der Waals surface area (Å²) in [5.41, 5.74) is 4.18. The fraction of sp³-hybridized carbons (Fsp3) is 0.500. The Labute approximate surface area is 229 Å². The van der Waals surface area contributed by atoms with Crippen LogP contribution >= 0.6 is 0 Å². The van der Waals surface area contributed by atoms with E-state index in [1.54, 1.807) is 6.21 Å². The second kappa shape index (κ2) is 11.9. The molecule has 1 aromatic carbocycles. The minimum Gasteiger partial charge on any atom is -0.494 e. The molecular weight excluding hydrogens is 494 g/mol. The fourth-order valence-electron chi connectivity index (χ4n) is 5.23. The minimum atomic E-state index is -0.0000742. The van der Waals surface area contributed by atoms with Gasteiger partial charge < -0.3 is 35.0 Å². The Morgan fingerprint density at radius 2 is 1.69 bits per heavy atom. The van der Waals surface area contributed by atoms with E-state index in [0.29, 0.717) is 41.9 Å². The number of hydrogen-bond acceptors (Lipinski definition) is 9. The molecule has 0 radical (unpaired) electrons. The number of anilines is 3. The Balaban J connectivity index is 1.51. The molecule has 39 heavy (non-hydrogen) atoms. The summed E-state index contributed by atoms with van der Waals surface area (Å²) >= 11 is 0. The van der Waals surface area contributed by atoms with Crippen LogP contribution < -0.4 is 15.1 Å². The predicted molar refractivity (Wildman–Crippen MR) is 157 cm³/mol. The number of rotatable bonds is 1. The fourth-order valence-corrected chi connectivity index (χ4v) is 5.23. The Kier molecular flexibility index (Phi) is 8.16. The number of piperazine rings is 1. The lowest BCUT2D eigenvalue weighted by atomic mass is 10.1. The van der Waals surface area contributed by atoms with E-state index >= 15 is 0 Å². The van der Waals surface area contributed by atoms with Crippen molar-refractivity contribution in [2.45, 2.75) is 25.7 Å². The van der Waals surface area contributed by atoms with Gasteiger partial charge in [0.25, 0.3) is 0 Å². The molecule has 5 rings (SSSR count). The number of hydrogen-bond donors (Lipinski definition) is 3. The second-order valence-electron chi connectivity index (χ2n) is 10.5. The van der Waals surface area contributed by atoms with Crippen molar-refractivity contribution in [3.63, 3.8) is 0 Å². The van der Waals surface area contributed by atoms with Crippen LogP contribution in [0.2, 0.25) is 0 Å². The van der Waals surface area contributed by atoms with Crippen molar-refractivity contribution in [2.75, 3.05) is 82.1 Å². The standard InChI is InChI=1S/C28H39N9O2/c1-34-13-15-37(16-14-34)22-9-8-20-17-23(22)35(2)11-5-4-7-24(38)36(3)12-6-10-29-26-25-21(18-30-20)28(39)33-27(25)32-19-31-26/h8-9,17-19,39H,4-7,10-16H2,1-3H3,(H2,29,31,32,33). The number of aliphatic imine (C=N–C) groups is 1. The van der Waals surface area contributed by atoms with E-state index in [4.69, 9.17) is 4.99 Å². The Morgan fingerprint density at radius 1 is 0.897 bits per heavy atom. The van der Waals surface area contributed by atoms with Crippen LogP contribution in [0.3, 0.4) is 0 Å². The van der Waals surface area contributed by atoms with E-state index in [9.17, 15) is 9.90 Å². The number of likely N-dealkylation sites (N-methyl/N-ethyl adjacent to an activating group) is 1. The zero-order chi connectivity index (χ0) is 27.4. The maximum atomic E-state index is 12.7. The highest BCUT2D eigenvalue weighted by Crippen LogP contribution is 2.35. The van der Waals surface area contributed by atoms with Crippen molar-refractivity contribution < 1.29 is 9.90 Å². The molecule has 2 aliphatic rings. The highest BCUT2D eigenvalue weighted by atomic mass is 16.3. The molecule has 11 nitrogen and oxygen atoms in total. The summed E-state index contributed by atoms with van der Waals surface area (Å²) in [6.45, 7) is 6.13. The summed E-state index contributed by atoms with van der Waals surface area (Å²) in [6, 6.07) is 6.29. The highest BCUT2D eigenvalue weighted by Gasteiger charge is 2.20. The molecule has 1 fully saturated rings. The number of nitrogens with one attached hydrogen (secondary N) is 2. The molecule has 0 atom stereocenters. The molecule has 3 N–H and O–H groups in total. The van der Waals surface area contributed by atoms with Crippen molar-refractivity contribution in [1.29, 1.82) is 0 Å². The number of fused-ring (bicyclic) bond motifs is 2. The summed E-state index contributed by atoms with van der Waals surface area (Å²) < 4.78 is 0. The third-order valence-corrected chi connectivity index (χ3v) is 7.69. The van der Waals surface area contributed by atoms with Crippen LogP contribution in [0.1, 0.15) is 31.2 Å². The lowest BCUT2D eigenvalue weighted by Crippen LogP contribution is -2.45. The number of amides is 1. The molecule has 2 aliphatic heterocycles. The van der Waals surface area contributed by atoms with Crippen LogP contribution in [-0.2, 0) is 4.79 Å². The van der Waals surface area contributed by atoms with E-state index in [1.807, 2.05) is 18.0 Å². The zero-order valence-corrected chi connectivity index (χ0v) is 23.2. The van der Waals surface area contributed by atoms with Gasteiger partial charge in [-0.25, -0.2) is 9.97 Å². The van der Waals surface area contributed by atoms with Crippen molar-refractivity contribution in [1.82, 2.24) is 24.8 Å². The van der Waals surface area contributed by atoms with E-state index in [1.165, 1.54) is 12.0 Å². The molecule has 1 saturated heterocycles. The van der Waals surface area contributed by atoms with Crippen molar-refractivity contribution >= 4 is 46.0 Å². The van der Waals surface area contributed by atoms with Crippen LogP contribution in [0.25, 0.3) is 11.0 Å². The average molecular weight is 534 g/mol. The first-order valence-electron chi connectivity index (χ1n) is 13.8.